The third kappa shape index (κ3) is 3.52. The van der Waals surface area contributed by atoms with E-state index in [9.17, 15) is 10.1 Å². The molecule has 0 amide bonds. The molecule has 18 heavy (non-hydrogen) atoms. The molecular formula is C10H18N6O2. The van der Waals surface area contributed by atoms with E-state index in [0.29, 0.717) is 12.5 Å². The van der Waals surface area contributed by atoms with Crippen LogP contribution in [0, 0.1) is 23.0 Å². The van der Waals surface area contributed by atoms with Crippen LogP contribution in [-0.4, -0.2) is 21.4 Å². The first-order valence-corrected chi connectivity index (χ1v) is 5.69. The lowest BCUT2D eigenvalue weighted by Crippen LogP contribution is -2.15. The number of hydrazine groups is 1. The predicted molar refractivity (Wildman–Crippen MR) is 69.2 cm³/mol. The van der Waals surface area contributed by atoms with Crippen molar-refractivity contribution in [3.05, 3.63) is 15.8 Å². The molecule has 0 radical (unpaired) electrons. The maximum Gasteiger partial charge on any atom is 0.332 e. The summed E-state index contributed by atoms with van der Waals surface area (Å²) >= 11 is 0. The zero-order valence-electron chi connectivity index (χ0n) is 10.7. The standard InChI is InChI=1S/C10H18N6O2/c1-6(2)4-5-12-9-8(16(17)18)7(3)13-10(14-9)15-11/h6H,4-5,11H2,1-3H3,(H2,12,13,14,15). The summed E-state index contributed by atoms with van der Waals surface area (Å²) in [4.78, 5) is 18.3. The Labute approximate surface area is 105 Å². The fraction of sp³-hybridized carbons (Fsp3) is 0.600. The van der Waals surface area contributed by atoms with Crippen molar-refractivity contribution in [2.45, 2.75) is 27.2 Å². The van der Waals surface area contributed by atoms with Crippen LogP contribution < -0.4 is 16.6 Å². The number of rotatable bonds is 6. The smallest absolute Gasteiger partial charge is 0.332 e. The number of hydrogen-bond acceptors (Lipinski definition) is 7. The largest absolute Gasteiger partial charge is 0.364 e. The monoisotopic (exact) mass is 254 g/mol. The van der Waals surface area contributed by atoms with E-state index < -0.39 is 4.92 Å². The fourth-order valence-electron chi connectivity index (χ4n) is 1.45. The Kier molecular flexibility index (Phi) is 4.78. The number of nitro groups is 1. The van der Waals surface area contributed by atoms with E-state index >= 15 is 0 Å². The molecule has 0 aliphatic carbocycles. The minimum Gasteiger partial charge on any atom is -0.364 e. The van der Waals surface area contributed by atoms with Gasteiger partial charge in [-0.2, -0.15) is 4.98 Å². The first-order valence-electron chi connectivity index (χ1n) is 5.69. The van der Waals surface area contributed by atoms with E-state index in [1.165, 1.54) is 0 Å². The van der Waals surface area contributed by atoms with Crippen LogP contribution in [0.1, 0.15) is 26.0 Å². The molecule has 0 atom stereocenters. The summed E-state index contributed by atoms with van der Waals surface area (Å²) in [6.07, 6.45) is 0.894. The van der Waals surface area contributed by atoms with Crippen LogP contribution in [0.4, 0.5) is 17.5 Å². The highest BCUT2D eigenvalue weighted by molar-refractivity contribution is 5.60. The molecule has 0 aromatic carbocycles. The molecule has 0 bridgehead atoms. The normalized spacial score (nSPS) is 10.5. The van der Waals surface area contributed by atoms with Crippen LogP contribution in [0.15, 0.2) is 0 Å². The van der Waals surface area contributed by atoms with Crippen LogP contribution >= 0.6 is 0 Å². The summed E-state index contributed by atoms with van der Waals surface area (Å²) in [6, 6.07) is 0. The quantitative estimate of drug-likeness (QED) is 0.399. The molecule has 0 unspecified atom stereocenters. The molecule has 8 nitrogen and oxygen atoms in total. The highest BCUT2D eigenvalue weighted by Crippen LogP contribution is 2.26. The highest BCUT2D eigenvalue weighted by atomic mass is 16.6. The van der Waals surface area contributed by atoms with Crippen molar-refractivity contribution in [3.63, 3.8) is 0 Å². The van der Waals surface area contributed by atoms with Gasteiger partial charge in [0, 0.05) is 6.54 Å². The molecule has 1 aromatic heterocycles. The Bertz CT molecular complexity index is 435. The second-order valence-electron chi connectivity index (χ2n) is 4.34. The Morgan fingerprint density at radius 1 is 1.44 bits per heavy atom. The number of aromatic nitrogens is 2. The number of hydrogen-bond donors (Lipinski definition) is 3. The summed E-state index contributed by atoms with van der Waals surface area (Å²) in [5.74, 6) is 6.08. The molecule has 1 rings (SSSR count). The Morgan fingerprint density at radius 2 is 2.11 bits per heavy atom. The van der Waals surface area contributed by atoms with Crippen LogP contribution in [0.2, 0.25) is 0 Å². The number of anilines is 2. The third-order valence-corrected chi connectivity index (χ3v) is 2.38. The fourth-order valence-corrected chi connectivity index (χ4v) is 1.45. The van der Waals surface area contributed by atoms with Gasteiger partial charge in [0.15, 0.2) is 0 Å². The lowest BCUT2D eigenvalue weighted by Gasteiger charge is -2.10. The first-order chi connectivity index (χ1) is 8.45. The number of nitrogens with two attached hydrogens (primary N) is 1. The van der Waals surface area contributed by atoms with E-state index in [0.717, 1.165) is 6.42 Å². The van der Waals surface area contributed by atoms with Crippen LogP contribution in [-0.2, 0) is 0 Å². The van der Waals surface area contributed by atoms with Gasteiger partial charge in [0.05, 0.1) is 4.92 Å². The van der Waals surface area contributed by atoms with Gasteiger partial charge in [-0.25, -0.2) is 10.8 Å². The van der Waals surface area contributed by atoms with Crippen molar-refractivity contribution in [1.82, 2.24) is 9.97 Å². The summed E-state index contributed by atoms with van der Waals surface area (Å²) in [5, 5.41) is 13.9. The number of nitrogens with one attached hydrogen (secondary N) is 2. The number of aryl methyl sites for hydroxylation is 1. The topological polar surface area (TPSA) is 119 Å². The molecular weight excluding hydrogens is 236 g/mol. The molecule has 4 N–H and O–H groups in total. The summed E-state index contributed by atoms with van der Waals surface area (Å²) in [6.45, 7) is 6.32. The van der Waals surface area contributed by atoms with Crippen molar-refractivity contribution < 1.29 is 4.92 Å². The molecule has 1 heterocycles. The maximum atomic E-state index is 11.0. The number of nitrogen functional groups attached to an aromatic ring is 1. The van der Waals surface area contributed by atoms with Gasteiger partial charge in [0.1, 0.15) is 5.69 Å². The first kappa shape index (κ1) is 14.1. The molecule has 0 fully saturated rings. The van der Waals surface area contributed by atoms with Gasteiger partial charge < -0.3 is 5.32 Å². The van der Waals surface area contributed by atoms with Crippen molar-refractivity contribution in [1.29, 1.82) is 0 Å². The van der Waals surface area contributed by atoms with E-state index in [1.54, 1.807) is 6.92 Å². The highest BCUT2D eigenvalue weighted by Gasteiger charge is 2.21. The van der Waals surface area contributed by atoms with Gasteiger partial charge in [-0.3, -0.25) is 15.5 Å². The molecule has 0 saturated heterocycles. The van der Waals surface area contributed by atoms with E-state index in [2.05, 4.69) is 34.6 Å². The van der Waals surface area contributed by atoms with Crippen LogP contribution in [0.5, 0.6) is 0 Å². The molecule has 100 valence electrons. The average Bonchev–Trinajstić information content (AvgIpc) is 2.27. The third-order valence-electron chi connectivity index (χ3n) is 2.38. The molecule has 0 saturated carbocycles. The second kappa shape index (κ2) is 6.10. The molecule has 0 aliphatic heterocycles. The predicted octanol–water partition coefficient (Wildman–Crippen LogP) is 1.44. The van der Waals surface area contributed by atoms with Crippen LogP contribution in [0.3, 0.4) is 0 Å². The summed E-state index contributed by atoms with van der Waals surface area (Å²) in [5.41, 5.74) is 2.45. The van der Waals surface area contributed by atoms with Gasteiger partial charge in [0.2, 0.25) is 11.8 Å². The summed E-state index contributed by atoms with van der Waals surface area (Å²) < 4.78 is 0. The van der Waals surface area contributed by atoms with Crippen molar-refractivity contribution in [3.8, 4) is 0 Å². The Morgan fingerprint density at radius 3 is 2.61 bits per heavy atom. The molecule has 8 heteroatoms. The van der Waals surface area contributed by atoms with E-state index in [-0.39, 0.29) is 23.1 Å². The van der Waals surface area contributed by atoms with Crippen LogP contribution in [0.25, 0.3) is 0 Å². The zero-order chi connectivity index (χ0) is 13.7. The summed E-state index contributed by atoms with van der Waals surface area (Å²) in [7, 11) is 0. The minimum atomic E-state index is -0.493. The van der Waals surface area contributed by atoms with E-state index in [4.69, 9.17) is 5.84 Å². The van der Waals surface area contributed by atoms with Gasteiger partial charge in [-0.15, -0.1) is 0 Å². The van der Waals surface area contributed by atoms with Gasteiger partial charge >= 0.3 is 5.69 Å². The second-order valence-corrected chi connectivity index (χ2v) is 4.34. The SMILES string of the molecule is Cc1nc(NN)nc(NCCC(C)C)c1[N+](=O)[O-]. The van der Waals surface area contributed by atoms with E-state index in [1.807, 2.05) is 0 Å². The Hall–Kier alpha value is -1.96. The van der Waals surface area contributed by atoms with Crippen molar-refractivity contribution in [2.24, 2.45) is 11.8 Å². The lowest BCUT2D eigenvalue weighted by atomic mass is 10.1. The minimum absolute atomic E-state index is 0.113. The van der Waals surface area contributed by atoms with Crippen molar-refractivity contribution in [2.75, 3.05) is 17.3 Å². The number of nitrogens with zero attached hydrogens (tertiary/aromatic N) is 3. The Balaban J connectivity index is 2.98. The van der Waals surface area contributed by atoms with Gasteiger partial charge in [-0.1, -0.05) is 13.8 Å². The molecule has 1 aromatic rings. The van der Waals surface area contributed by atoms with Gasteiger partial charge in [-0.05, 0) is 19.3 Å². The lowest BCUT2D eigenvalue weighted by molar-refractivity contribution is -0.385. The average molecular weight is 254 g/mol. The maximum absolute atomic E-state index is 11.0. The van der Waals surface area contributed by atoms with Crippen molar-refractivity contribution >= 4 is 17.5 Å². The zero-order valence-corrected chi connectivity index (χ0v) is 10.7. The van der Waals surface area contributed by atoms with Gasteiger partial charge in [0.25, 0.3) is 0 Å². The molecule has 0 spiro atoms. The molecule has 0 aliphatic rings.